The third-order valence-corrected chi connectivity index (χ3v) is 1.52. The molecule has 1 aromatic carbocycles. The predicted molar refractivity (Wildman–Crippen MR) is 59.3 cm³/mol. The van der Waals surface area contributed by atoms with Crippen LogP contribution in [0.3, 0.4) is 0 Å². The predicted octanol–water partition coefficient (Wildman–Crippen LogP) is 1.30. The van der Waals surface area contributed by atoms with E-state index in [9.17, 15) is 0 Å². The molecule has 0 spiro atoms. The molecule has 0 radical (unpaired) electrons. The Morgan fingerprint density at radius 2 is 1.86 bits per heavy atom. The van der Waals surface area contributed by atoms with Crippen LogP contribution in [-0.2, 0) is 0 Å². The Bertz CT molecular complexity index is 297. The zero-order chi connectivity index (χ0) is 11.0. The molecule has 14 heavy (non-hydrogen) atoms. The van der Waals surface area contributed by atoms with E-state index in [4.69, 9.17) is 16.3 Å². The number of hydrazone groups is 1. The molecule has 0 amide bonds. The van der Waals surface area contributed by atoms with E-state index in [-0.39, 0.29) is 5.84 Å². The maximum atomic E-state index is 5.52. The molecular weight excluding hydrogens is 178 g/mol. The number of benzene rings is 1. The van der Waals surface area contributed by atoms with Gasteiger partial charge in [0.15, 0.2) is 5.84 Å². The Morgan fingerprint density at radius 1 is 1.29 bits per heavy atom. The summed E-state index contributed by atoms with van der Waals surface area (Å²) >= 11 is 0. The van der Waals surface area contributed by atoms with Gasteiger partial charge in [-0.25, -0.2) is 0 Å². The van der Waals surface area contributed by atoms with Gasteiger partial charge in [-0.3, -0.25) is 0 Å². The van der Waals surface area contributed by atoms with Gasteiger partial charge in [-0.2, -0.15) is 5.10 Å². The number of para-hydroxylation sites is 1. The minimum Gasteiger partial charge on any atom is -0.496 e. The van der Waals surface area contributed by atoms with Crippen LogP contribution in [0.5, 0.6) is 5.75 Å². The number of nitrogens with two attached hydrogens (primary N) is 2. The maximum absolute atomic E-state index is 5.52. The second-order valence-corrected chi connectivity index (χ2v) is 2.21. The molecule has 0 bridgehead atoms. The quantitative estimate of drug-likeness (QED) is 0.323. The highest BCUT2D eigenvalue weighted by molar-refractivity contribution is 5.99. The monoisotopic (exact) mass is 195 g/mol. The Kier molecular flexibility index (Phi) is 5.94. The Morgan fingerprint density at radius 3 is 2.36 bits per heavy atom. The van der Waals surface area contributed by atoms with Crippen LogP contribution in [0.4, 0.5) is 0 Å². The molecule has 4 nitrogen and oxygen atoms in total. The summed E-state index contributed by atoms with van der Waals surface area (Å²) in [4.78, 5) is 0. The van der Waals surface area contributed by atoms with Crippen LogP contribution in [0.1, 0.15) is 19.4 Å². The van der Waals surface area contributed by atoms with Crippen molar-refractivity contribution in [1.82, 2.24) is 0 Å². The molecule has 4 N–H and O–H groups in total. The second kappa shape index (κ2) is 6.77. The second-order valence-electron chi connectivity index (χ2n) is 2.21. The number of rotatable bonds is 2. The average molecular weight is 195 g/mol. The van der Waals surface area contributed by atoms with Crippen molar-refractivity contribution in [3.63, 3.8) is 0 Å². The summed E-state index contributed by atoms with van der Waals surface area (Å²) < 4.78 is 5.05. The zero-order valence-electron chi connectivity index (χ0n) is 8.82. The van der Waals surface area contributed by atoms with Gasteiger partial charge in [0, 0.05) is 0 Å². The van der Waals surface area contributed by atoms with Crippen molar-refractivity contribution in [2.45, 2.75) is 13.8 Å². The molecule has 78 valence electrons. The molecule has 4 heteroatoms. The number of amidine groups is 1. The lowest BCUT2D eigenvalue weighted by atomic mass is 10.2. The van der Waals surface area contributed by atoms with Crippen molar-refractivity contribution >= 4 is 5.84 Å². The highest BCUT2D eigenvalue weighted by Crippen LogP contribution is 2.15. The van der Waals surface area contributed by atoms with Gasteiger partial charge in [-0.15, -0.1) is 0 Å². The first-order valence-electron chi connectivity index (χ1n) is 4.46. The van der Waals surface area contributed by atoms with E-state index in [0.29, 0.717) is 11.3 Å². The first kappa shape index (κ1) is 12.3. The third-order valence-electron chi connectivity index (χ3n) is 1.52. The van der Waals surface area contributed by atoms with E-state index in [2.05, 4.69) is 5.10 Å². The fourth-order valence-electron chi connectivity index (χ4n) is 0.926. The summed E-state index contributed by atoms with van der Waals surface area (Å²) in [6.07, 6.45) is 0. The van der Waals surface area contributed by atoms with Crippen LogP contribution >= 0.6 is 0 Å². The number of hydrogen-bond acceptors (Lipinski definition) is 3. The van der Waals surface area contributed by atoms with E-state index in [1.54, 1.807) is 19.2 Å². The molecule has 1 rings (SSSR count). The lowest BCUT2D eigenvalue weighted by Crippen LogP contribution is -2.16. The van der Waals surface area contributed by atoms with E-state index < -0.39 is 0 Å². The van der Waals surface area contributed by atoms with Gasteiger partial charge < -0.3 is 16.3 Å². The van der Waals surface area contributed by atoms with Crippen molar-refractivity contribution in [3.05, 3.63) is 29.8 Å². The molecule has 0 aliphatic carbocycles. The van der Waals surface area contributed by atoms with E-state index in [1.807, 2.05) is 26.0 Å². The van der Waals surface area contributed by atoms with E-state index in [0.717, 1.165) is 0 Å². The van der Waals surface area contributed by atoms with Gasteiger partial charge in [0.25, 0.3) is 0 Å². The number of methoxy groups -OCH3 is 1. The average Bonchev–Trinajstić information content (AvgIpc) is 2.30. The van der Waals surface area contributed by atoms with Gasteiger partial charge in [-0.1, -0.05) is 26.0 Å². The van der Waals surface area contributed by atoms with Gasteiger partial charge in [-0.05, 0) is 12.1 Å². The highest BCUT2D eigenvalue weighted by atomic mass is 16.5. The summed E-state index contributed by atoms with van der Waals surface area (Å²) in [5, 5.41) is 3.38. The molecule has 0 aliphatic heterocycles. The SMILES string of the molecule is CC.COc1ccccc1C(N)=NN. The first-order valence-corrected chi connectivity index (χ1v) is 4.46. The van der Waals surface area contributed by atoms with Crippen LogP contribution in [-0.4, -0.2) is 12.9 Å². The lowest BCUT2D eigenvalue weighted by Gasteiger charge is -2.05. The molecule has 0 atom stereocenters. The normalized spacial score (nSPS) is 10.1. The molecule has 0 fully saturated rings. The van der Waals surface area contributed by atoms with E-state index >= 15 is 0 Å². The third kappa shape index (κ3) is 2.97. The molecule has 0 saturated carbocycles. The van der Waals surface area contributed by atoms with Crippen molar-refractivity contribution in [2.24, 2.45) is 16.7 Å². The standard InChI is InChI=1S/C8H11N3O.C2H6/c1-12-7-5-3-2-4-6(7)8(9)11-10;1-2/h2-5H,10H2,1H3,(H2,9,11);1-2H3. The van der Waals surface area contributed by atoms with Gasteiger partial charge >= 0.3 is 0 Å². The summed E-state index contributed by atoms with van der Waals surface area (Å²) in [7, 11) is 1.57. The van der Waals surface area contributed by atoms with Crippen LogP contribution in [0.15, 0.2) is 29.4 Å². The molecule has 0 aromatic heterocycles. The van der Waals surface area contributed by atoms with E-state index in [1.165, 1.54) is 0 Å². The van der Waals surface area contributed by atoms with Crippen molar-refractivity contribution in [3.8, 4) is 5.75 Å². The van der Waals surface area contributed by atoms with Crippen LogP contribution < -0.4 is 16.3 Å². The van der Waals surface area contributed by atoms with Gasteiger partial charge in [0.2, 0.25) is 0 Å². The van der Waals surface area contributed by atoms with Crippen LogP contribution in [0.25, 0.3) is 0 Å². The minimum atomic E-state index is 0.271. The number of ether oxygens (including phenoxy) is 1. The van der Waals surface area contributed by atoms with Gasteiger partial charge in [0.1, 0.15) is 5.75 Å². The summed E-state index contributed by atoms with van der Waals surface area (Å²) in [5.41, 5.74) is 6.23. The highest BCUT2D eigenvalue weighted by Gasteiger charge is 2.03. The summed E-state index contributed by atoms with van der Waals surface area (Å²) in [6.45, 7) is 4.00. The maximum Gasteiger partial charge on any atom is 0.154 e. The summed E-state index contributed by atoms with van der Waals surface area (Å²) in [6, 6.07) is 7.29. The Labute approximate surface area is 84.6 Å². The minimum absolute atomic E-state index is 0.271. The van der Waals surface area contributed by atoms with Crippen molar-refractivity contribution in [2.75, 3.05) is 7.11 Å². The summed E-state index contributed by atoms with van der Waals surface area (Å²) in [5.74, 6) is 5.98. The molecule has 1 aromatic rings. The molecular formula is C10H17N3O. The van der Waals surface area contributed by atoms with Crippen LogP contribution in [0.2, 0.25) is 0 Å². The van der Waals surface area contributed by atoms with Crippen molar-refractivity contribution in [1.29, 1.82) is 0 Å². The lowest BCUT2D eigenvalue weighted by molar-refractivity contribution is 0.414. The largest absolute Gasteiger partial charge is 0.496 e. The number of nitrogens with zero attached hydrogens (tertiary/aromatic N) is 1. The first-order chi connectivity index (χ1) is 6.79. The topological polar surface area (TPSA) is 73.6 Å². The fraction of sp³-hybridized carbons (Fsp3) is 0.300. The molecule has 0 unspecified atom stereocenters. The number of hydrogen-bond donors (Lipinski definition) is 2. The zero-order valence-corrected chi connectivity index (χ0v) is 8.82. The fourth-order valence-corrected chi connectivity index (χ4v) is 0.926. The molecule has 0 aliphatic rings. The smallest absolute Gasteiger partial charge is 0.154 e. The Balaban J connectivity index is 0.000000791. The molecule has 0 saturated heterocycles. The van der Waals surface area contributed by atoms with Crippen LogP contribution in [0, 0.1) is 0 Å². The van der Waals surface area contributed by atoms with Gasteiger partial charge in [0.05, 0.1) is 12.7 Å². The molecule has 0 heterocycles. The Hall–Kier alpha value is -1.71. The van der Waals surface area contributed by atoms with Crippen molar-refractivity contribution < 1.29 is 4.74 Å².